The van der Waals surface area contributed by atoms with E-state index in [1.165, 1.54) is 6.07 Å². The summed E-state index contributed by atoms with van der Waals surface area (Å²) < 4.78 is 0.988. The normalized spacial score (nSPS) is 11.9. The molecule has 0 aliphatic rings. The van der Waals surface area contributed by atoms with E-state index in [4.69, 9.17) is 0 Å². The highest BCUT2D eigenvalue weighted by molar-refractivity contribution is 9.10. The van der Waals surface area contributed by atoms with Gasteiger partial charge in [-0.3, -0.25) is 9.59 Å². The topological polar surface area (TPSA) is 62.0 Å². The van der Waals surface area contributed by atoms with Crippen molar-refractivity contribution in [1.29, 1.82) is 0 Å². The second-order valence-corrected chi connectivity index (χ2v) is 5.09. The molecule has 0 aliphatic heterocycles. The van der Waals surface area contributed by atoms with Gasteiger partial charge in [-0.15, -0.1) is 0 Å². The van der Waals surface area contributed by atoms with Gasteiger partial charge in [-0.1, -0.05) is 34.1 Å². The molecule has 1 aromatic heterocycles. The maximum absolute atomic E-state index is 12.0. The van der Waals surface area contributed by atoms with Crippen LogP contribution in [0.3, 0.4) is 0 Å². The van der Waals surface area contributed by atoms with Crippen LogP contribution in [-0.2, 0) is 0 Å². The average Bonchev–Trinajstić information content (AvgIpc) is 2.39. The van der Waals surface area contributed by atoms with Crippen LogP contribution in [0.15, 0.2) is 51.7 Å². The highest BCUT2D eigenvalue weighted by atomic mass is 79.9. The van der Waals surface area contributed by atoms with Gasteiger partial charge in [0.1, 0.15) is 5.69 Å². The first-order chi connectivity index (χ1) is 9.06. The summed E-state index contributed by atoms with van der Waals surface area (Å²) in [5.74, 6) is -0.298. The van der Waals surface area contributed by atoms with Crippen molar-refractivity contribution in [2.75, 3.05) is 0 Å². The van der Waals surface area contributed by atoms with Gasteiger partial charge in [0.05, 0.1) is 6.04 Å². The standard InChI is InChI=1S/C14H13BrN2O2/c1-9(10-5-7-11(15)8-6-10)16-14(19)12-3-2-4-13(18)17-12/h2-9H,1H3,(H,16,19)(H,17,18)/t9-/m0/s1. The predicted octanol–water partition coefficient (Wildman–Crippen LogP) is 2.63. The summed E-state index contributed by atoms with van der Waals surface area (Å²) in [5.41, 5.74) is 0.968. The summed E-state index contributed by atoms with van der Waals surface area (Å²) >= 11 is 3.36. The molecular formula is C14H13BrN2O2. The second kappa shape index (κ2) is 5.84. The Kier molecular flexibility index (Phi) is 4.16. The smallest absolute Gasteiger partial charge is 0.268 e. The summed E-state index contributed by atoms with van der Waals surface area (Å²) in [4.78, 5) is 25.6. The highest BCUT2D eigenvalue weighted by Gasteiger charge is 2.11. The summed E-state index contributed by atoms with van der Waals surface area (Å²) in [6.45, 7) is 1.89. The molecule has 2 aromatic rings. The quantitative estimate of drug-likeness (QED) is 0.913. The van der Waals surface area contributed by atoms with Crippen molar-refractivity contribution < 1.29 is 4.79 Å². The van der Waals surface area contributed by atoms with Gasteiger partial charge in [-0.25, -0.2) is 0 Å². The van der Waals surface area contributed by atoms with Gasteiger partial charge in [0.15, 0.2) is 0 Å². The Morgan fingerprint density at radius 3 is 2.53 bits per heavy atom. The summed E-state index contributed by atoms with van der Waals surface area (Å²) in [5, 5.41) is 2.83. The first-order valence-corrected chi connectivity index (χ1v) is 6.61. The molecule has 1 aromatic carbocycles. The van der Waals surface area contributed by atoms with E-state index in [0.717, 1.165) is 10.0 Å². The first-order valence-electron chi connectivity index (χ1n) is 5.82. The minimum absolute atomic E-state index is 0.135. The molecule has 1 amide bonds. The zero-order valence-electron chi connectivity index (χ0n) is 10.3. The number of amides is 1. The molecule has 0 bridgehead atoms. The van der Waals surface area contributed by atoms with Crippen molar-refractivity contribution in [3.05, 3.63) is 68.5 Å². The number of H-pyrrole nitrogens is 1. The van der Waals surface area contributed by atoms with Crippen molar-refractivity contribution in [3.8, 4) is 0 Å². The number of carbonyl (C=O) groups is 1. The SMILES string of the molecule is C[C@H](NC(=O)c1cccc(=O)[nH]1)c1ccc(Br)cc1. The molecule has 0 spiro atoms. The third kappa shape index (κ3) is 3.54. The molecule has 0 aliphatic carbocycles. The van der Waals surface area contributed by atoms with Gasteiger partial charge in [0.25, 0.3) is 5.91 Å². The van der Waals surface area contributed by atoms with Crippen molar-refractivity contribution in [2.24, 2.45) is 0 Å². The van der Waals surface area contributed by atoms with Crippen LogP contribution in [0, 0.1) is 0 Å². The third-order valence-electron chi connectivity index (χ3n) is 2.73. The maximum atomic E-state index is 12.0. The van der Waals surface area contributed by atoms with Crippen molar-refractivity contribution in [1.82, 2.24) is 10.3 Å². The number of nitrogens with one attached hydrogen (secondary N) is 2. The van der Waals surface area contributed by atoms with Crippen LogP contribution in [0.25, 0.3) is 0 Å². The van der Waals surface area contributed by atoms with Crippen LogP contribution in [0.5, 0.6) is 0 Å². The first kappa shape index (κ1) is 13.5. The lowest BCUT2D eigenvalue weighted by atomic mass is 10.1. The van der Waals surface area contributed by atoms with Gasteiger partial charge in [0, 0.05) is 10.5 Å². The fourth-order valence-corrected chi connectivity index (χ4v) is 1.95. The van der Waals surface area contributed by atoms with E-state index in [0.29, 0.717) is 0 Å². The van der Waals surface area contributed by atoms with Crippen LogP contribution < -0.4 is 10.9 Å². The average molecular weight is 321 g/mol. The molecule has 98 valence electrons. The largest absolute Gasteiger partial charge is 0.344 e. The minimum Gasteiger partial charge on any atom is -0.344 e. The van der Waals surface area contributed by atoms with E-state index >= 15 is 0 Å². The Morgan fingerprint density at radius 2 is 1.89 bits per heavy atom. The minimum atomic E-state index is -0.298. The van der Waals surface area contributed by atoms with Crippen LogP contribution in [0.4, 0.5) is 0 Å². The molecule has 0 unspecified atom stereocenters. The number of hydrogen-bond donors (Lipinski definition) is 2. The van der Waals surface area contributed by atoms with Gasteiger partial charge >= 0.3 is 0 Å². The number of aromatic nitrogens is 1. The van der Waals surface area contributed by atoms with E-state index in [1.807, 2.05) is 31.2 Å². The zero-order chi connectivity index (χ0) is 13.8. The lowest BCUT2D eigenvalue weighted by Gasteiger charge is -2.14. The van der Waals surface area contributed by atoms with E-state index < -0.39 is 0 Å². The van der Waals surface area contributed by atoms with E-state index in [9.17, 15) is 9.59 Å². The fourth-order valence-electron chi connectivity index (χ4n) is 1.69. The monoisotopic (exact) mass is 320 g/mol. The molecule has 4 nitrogen and oxygen atoms in total. The highest BCUT2D eigenvalue weighted by Crippen LogP contribution is 2.16. The molecule has 0 saturated heterocycles. The number of pyridine rings is 1. The van der Waals surface area contributed by atoms with Crippen molar-refractivity contribution in [2.45, 2.75) is 13.0 Å². The van der Waals surface area contributed by atoms with Crippen LogP contribution in [0.1, 0.15) is 29.0 Å². The molecule has 19 heavy (non-hydrogen) atoms. The Labute approximate surface area is 119 Å². The van der Waals surface area contributed by atoms with Gasteiger partial charge < -0.3 is 10.3 Å². The summed E-state index contributed by atoms with van der Waals surface area (Å²) in [6.07, 6.45) is 0. The molecule has 1 heterocycles. The molecule has 5 heteroatoms. The van der Waals surface area contributed by atoms with Gasteiger partial charge in [-0.2, -0.15) is 0 Å². The lowest BCUT2D eigenvalue weighted by molar-refractivity contribution is 0.0934. The third-order valence-corrected chi connectivity index (χ3v) is 3.26. The lowest BCUT2D eigenvalue weighted by Crippen LogP contribution is -2.28. The summed E-state index contributed by atoms with van der Waals surface area (Å²) in [7, 11) is 0. The van der Waals surface area contributed by atoms with Gasteiger partial charge in [-0.05, 0) is 30.7 Å². The van der Waals surface area contributed by atoms with E-state index in [2.05, 4.69) is 26.2 Å². The van der Waals surface area contributed by atoms with Crippen LogP contribution in [-0.4, -0.2) is 10.9 Å². The maximum Gasteiger partial charge on any atom is 0.268 e. The number of benzene rings is 1. The predicted molar refractivity (Wildman–Crippen MR) is 77.1 cm³/mol. The summed E-state index contributed by atoms with van der Waals surface area (Å²) in [6, 6.07) is 12.1. The molecule has 2 rings (SSSR count). The molecule has 0 radical (unpaired) electrons. The van der Waals surface area contributed by atoms with E-state index in [-0.39, 0.29) is 23.2 Å². The number of carbonyl (C=O) groups excluding carboxylic acids is 1. The number of halogens is 1. The Bertz CT molecular complexity index is 634. The number of rotatable bonds is 3. The van der Waals surface area contributed by atoms with Crippen LogP contribution >= 0.6 is 15.9 Å². The number of hydrogen-bond acceptors (Lipinski definition) is 2. The second-order valence-electron chi connectivity index (χ2n) is 4.18. The Morgan fingerprint density at radius 1 is 1.21 bits per heavy atom. The molecule has 2 N–H and O–H groups in total. The molecule has 0 fully saturated rings. The van der Waals surface area contributed by atoms with Crippen molar-refractivity contribution in [3.63, 3.8) is 0 Å². The zero-order valence-corrected chi connectivity index (χ0v) is 11.9. The Balaban J connectivity index is 2.10. The number of aromatic amines is 1. The van der Waals surface area contributed by atoms with E-state index in [1.54, 1.807) is 12.1 Å². The van der Waals surface area contributed by atoms with Crippen LogP contribution in [0.2, 0.25) is 0 Å². The Hall–Kier alpha value is -1.88. The fraction of sp³-hybridized carbons (Fsp3) is 0.143. The molecular weight excluding hydrogens is 308 g/mol. The molecule has 1 atom stereocenters. The van der Waals surface area contributed by atoms with Gasteiger partial charge in [0.2, 0.25) is 5.56 Å². The van der Waals surface area contributed by atoms with Crippen molar-refractivity contribution >= 4 is 21.8 Å². The molecule has 0 saturated carbocycles.